The van der Waals surface area contributed by atoms with Crippen LogP contribution in [0.25, 0.3) is 0 Å². The van der Waals surface area contributed by atoms with Gasteiger partial charge in [0.15, 0.2) is 0 Å². The van der Waals surface area contributed by atoms with Crippen molar-refractivity contribution in [1.29, 1.82) is 0 Å². The number of nitrogens with zero attached hydrogens (tertiary/aromatic N) is 2. The van der Waals surface area contributed by atoms with Crippen molar-refractivity contribution in [3.05, 3.63) is 52.3 Å². The van der Waals surface area contributed by atoms with E-state index in [4.69, 9.17) is 4.84 Å². The summed E-state index contributed by atoms with van der Waals surface area (Å²) in [6.45, 7) is 14.0. The second kappa shape index (κ2) is 8.58. The monoisotopic (exact) mass is 526 g/mol. The average Bonchev–Trinajstić information content (AvgIpc) is 3.07. The molecule has 5 heteroatoms. The molecule has 0 spiro atoms. The Morgan fingerprint density at radius 2 is 2.00 bits per heavy atom. The molecule has 184 valence electrons. The molecule has 0 bridgehead atoms. The lowest BCUT2D eigenvalue weighted by molar-refractivity contribution is -0.112. The van der Waals surface area contributed by atoms with Gasteiger partial charge in [-0.3, -0.25) is 4.98 Å². The number of allylic oxidation sites excluding steroid dienone is 2. The first-order valence-corrected chi connectivity index (χ1v) is 13.8. The second-order valence-corrected chi connectivity index (χ2v) is 12.9. The zero-order valence-corrected chi connectivity index (χ0v) is 22.7. The third-order valence-corrected chi connectivity index (χ3v) is 10.8. The fraction of sp³-hybridized carbons (Fsp3) is 0.655. The molecule has 0 aliphatic heterocycles. The Hall–Kier alpha value is -1.46. The summed E-state index contributed by atoms with van der Waals surface area (Å²) < 4.78 is 0.954. The third-order valence-electron chi connectivity index (χ3n) is 10.3. The molecule has 3 saturated carbocycles. The van der Waals surface area contributed by atoms with Crippen LogP contribution >= 0.6 is 15.9 Å². The highest BCUT2D eigenvalue weighted by molar-refractivity contribution is 9.10. The van der Waals surface area contributed by atoms with E-state index in [9.17, 15) is 5.11 Å². The molecule has 0 aromatic carbocycles. The number of fused-ring (bicyclic) bond motifs is 5. The van der Waals surface area contributed by atoms with Crippen molar-refractivity contribution in [3.8, 4) is 0 Å². The van der Waals surface area contributed by atoms with Gasteiger partial charge in [0.1, 0.15) is 6.61 Å². The molecule has 0 amide bonds. The van der Waals surface area contributed by atoms with E-state index in [1.165, 1.54) is 12.8 Å². The Labute approximate surface area is 213 Å². The molecule has 0 saturated heterocycles. The maximum atomic E-state index is 11.6. The highest BCUT2D eigenvalue weighted by atomic mass is 79.9. The van der Waals surface area contributed by atoms with Crippen LogP contribution in [0.3, 0.4) is 0 Å². The van der Waals surface area contributed by atoms with Gasteiger partial charge in [0, 0.05) is 27.8 Å². The van der Waals surface area contributed by atoms with Crippen LogP contribution in [-0.4, -0.2) is 21.4 Å². The van der Waals surface area contributed by atoms with Gasteiger partial charge in [0.25, 0.3) is 0 Å². The zero-order chi connectivity index (χ0) is 24.3. The lowest BCUT2D eigenvalue weighted by Gasteiger charge is -2.60. The first kappa shape index (κ1) is 24.2. The number of pyridine rings is 1. The number of aliphatic hydroxyl groups is 1. The molecule has 4 nitrogen and oxygen atoms in total. The van der Waals surface area contributed by atoms with E-state index in [-0.39, 0.29) is 10.8 Å². The van der Waals surface area contributed by atoms with Gasteiger partial charge in [0.05, 0.1) is 11.3 Å². The molecule has 7 atom stereocenters. The smallest absolute Gasteiger partial charge is 0.143 e. The second-order valence-electron chi connectivity index (χ2n) is 12.0. The molecule has 3 fully saturated rings. The van der Waals surface area contributed by atoms with Crippen molar-refractivity contribution in [1.82, 2.24) is 4.98 Å². The first-order chi connectivity index (χ1) is 16.1. The minimum Gasteiger partial charge on any atom is -0.391 e. The molecule has 1 heterocycles. The molecule has 5 rings (SSSR count). The minimum absolute atomic E-state index is 0.0340. The van der Waals surface area contributed by atoms with Gasteiger partial charge in [-0.05, 0) is 115 Å². The molecule has 4 aliphatic rings. The summed E-state index contributed by atoms with van der Waals surface area (Å²) in [6.07, 6.45) is 13.6. The van der Waals surface area contributed by atoms with E-state index in [1.54, 1.807) is 11.8 Å². The van der Waals surface area contributed by atoms with Gasteiger partial charge in [-0.1, -0.05) is 38.1 Å². The van der Waals surface area contributed by atoms with Crippen molar-refractivity contribution in [2.75, 3.05) is 0 Å². The SMILES string of the molecule is C=C(C)[C@@]1(O)CC[C@H]2[C@@H]3C[C@H](C)C4=C/C(=N/OCc5cncc(Br)c5)CC[C@]4(C)[C@H]3CC[C@@]21C. The Balaban J connectivity index is 1.36. The summed E-state index contributed by atoms with van der Waals surface area (Å²) >= 11 is 3.46. The molecule has 34 heavy (non-hydrogen) atoms. The molecule has 0 unspecified atom stereocenters. The van der Waals surface area contributed by atoms with Crippen LogP contribution in [0, 0.1) is 34.5 Å². The van der Waals surface area contributed by atoms with E-state index in [0.29, 0.717) is 30.3 Å². The quantitative estimate of drug-likeness (QED) is 0.332. The zero-order valence-electron chi connectivity index (χ0n) is 21.1. The van der Waals surface area contributed by atoms with Crippen LogP contribution in [0.15, 0.2) is 51.9 Å². The summed E-state index contributed by atoms with van der Waals surface area (Å²) in [7, 11) is 0. The van der Waals surface area contributed by atoms with E-state index in [0.717, 1.165) is 53.4 Å². The molecule has 1 N–H and O–H groups in total. The van der Waals surface area contributed by atoms with Crippen molar-refractivity contribution < 1.29 is 9.94 Å². The molecular weight excluding hydrogens is 488 g/mol. The first-order valence-electron chi connectivity index (χ1n) is 13.0. The number of hydrogen-bond donors (Lipinski definition) is 1. The number of oxime groups is 1. The Morgan fingerprint density at radius 1 is 1.24 bits per heavy atom. The van der Waals surface area contributed by atoms with E-state index in [2.05, 4.69) is 59.5 Å². The van der Waals surface area contributed by atoms with Gasteiger partial charge >= 0.3 is 0 Å². The van der Waals surface area contributed by atoms with Crippen LogP contribution in [0.4, 0.5) is 0 Å². The van der Waals surface area contributed by atoms with Crippen LogP contribution in [-0.2, 0) is 11.4 Å². The van der Waals surface area contributed by atoms with Crippen LogP contribution in [0.5, 0.6) is 0 Å². The Bertz CT molecular complexity index is 1050. The highest BCUT2D eigenvalue weighted by Gasteiger charge is 2.64. The van der Waals surface area contributed by atoms with Gasteiger partial charge in [-0.25, -0.2) is 0 Å². The van der Waals surface area contributed by atoms with Gasteiger partial charge in [-0.2, -0.15) is 0 Å². The molecule has 4 aliphatic carbocycles. The van der Waals surface area contributed by atoms with E-state index < -0.39 is 5.60 Å². The van der Waals surface area contributed by atoms with E-state index >= 15 is 0 Å². The lowest BCUT2D eigenvalue weighted by atomic mass is 9.44. The predicted molar refractivity (Wildman–Crippen MR) is 140 cm³/mol. The fourth-order valence-electron chi connectivity index (χ4n) is 8.51. The lowest BCUT2D eigenvalue weighted by Crippen LogP contribution is -2.56. The van der Waals surface area contributed by atoms with Crippen LogP contribution in [0.2, 0.25) is 0 Å². The van der Waals surface area contributed by atoms with Crippen molar-refractivity contribution >= 4 is 21.6 Å². The largest absolute Gasteiger partial charge is 0.391 e. The normalized spacial score (nSPS) is 42.4. The predicted octanol–water partition coefficient (Wildman–Crippen LogP) is 7.23. The number of hydrogen-bond acceptors (Lipinski definition) is 4. The van der Waals surface area contributed by atoms with E-state index in [1.807, 2.05) is 19.2 Å². The van der Waals surface area contributed by atoms with Crippen LogP contribution in [0.1, 0.15) is 78.2 Å². The third kappa shape index (κ3) is 3.64. The Morgan fingerprint density at radius 3 is 2.74 bits per heavy atom. The van der Waals surface area contributed by atoms with Gasteiger partial charge in [0.2, 0.25) is 0 Å². The van der Waals surface area contributed by atoms with Crippen molar-refractivity contribution in [2.45, 2.75) is 84.8 Å². The molecule has 0 radical (unpaired) electrons. The summed E-state index contributed by atoms with van der Waals surface area (Å²) in [4.78, 5) is 9.93. The standard InChI is InChI=1S/C29H39BrN2O2/c1-18(2)29(33)11-8-25-23-12-19(3)26-14-22(32-34-17-20-13-21(30)16-31-15-20)6-9-27(26,4)24(23)7-10-28(25,29)5/h13-16,19,23-25,33H,1,6-12,17H2,2-5H3/b32-22+/t19-,23+,24-,25-,27+,28-,29-/m0/s1. The van der Waals surface area contributed by atoms with Crippen molar-refractivity contribution in [2.24, 2.45) is 39.7 Å². The molecule has 1 aromatic rings. The Kier molecular flexibility index (Phi) is 6.12. The molecular formula is C29H39BrN2O2. The van der Waals surface area contributed by atoms with Crippen LogP contribution < -0.4 is 0 Å². The average molecular weight is 528 g/mol. The summed E-state index contributed by atoms with van der Waals surface area (Å²) in [5.41, 5.74) is 4.11. The number of halogens is 1. The maximum absolute atomic E-state index is 11.6. The summed E-state index contributed by atoms with van der Waals surface area (Å²) in [5, 5.41) is 16.2. The fourth-order valence-corrected chi connectivity index (χ4v) is 8.92. The number of aromatic nitrogens is 1. The topological polar surface area (TPSA) is 54.7 Å². The minimum atomic E-state index is -0.698. The maximum Gasteiger partial charge on any atom is 0.143 e. The molecule has 1 aromatic heterocycles. The highest BCUT2D eigenvalue weighted by Crippen LogP contribution is 2.69. The van der Waals surface area contributed by atoms with Gasteiger partial charge < -0.3 is 9.94 Å². The van der Waals surface area contributed by atoms with Gasteiger partial charge in [-0.15, -0.1) is 0 Å². The summed E-state index contributed by atoms with van der Waals surface area (Å²) in [5.74, 6) is 2.50. The van der Waals surface area contributed by atoms with Crippen molar-refractivity contribution in [3.63, 3.8) is 0 Å². The number of rotatable bonds is 4. The summed E-state index contributed by atoms with van der Waals surface area (Å²) in [6, 6.07) is 2.02.